The van der Waals surface area contributed by atoms with Gasteiger partial charge in [0.25, 0.3) is 5.56 Å². The molecule has 5 nitrogen and oxygen atoms in total. The maximum absolute atomic E-state index is 12.7. The number of anilines is 1. The van der Waals surface area contributed by atoms with Gasteiger partial charge < -0.3 is 9.88 Å². The quantitative estimate of drug-likeness (QED) is 0.749. The van der Waals surface area contributed by atoms with E-state index >= 15 is 0 Å². The Kier molecular flexibility index (Phi) is 3.98. The van der Waals surface area contributed by atoms with Gasteiger partial charge in [0.05, 0.1) is 17.4 Å². The maximum Gasteiger partial charge on any atom is 0.433 e. The van der Waals surface area contributed by atoms with Crippen molar-refractivity contribution in [2.75, 3.05) is 18.5 Å². The van der Waals surface area contributed by atoms with Crippen molar-refractivity contribution in [1.29, 1.82) is 0 Å². The number of nitrogens with zero attached hydrogens (tertiary/aromatic N) is 3. The number of benzene rings is 1. The molecule has 1 aliphatic rings. The first-order valence-corrected chi connectivity index (χ1v) is 8.27. The minimum atomic E-state index is -4.47. The highest BCUT2D eigenvalue weighted by Gasteiger charge is 2.32. The van der Waals surface area contributed by atoms with Crippen molar-refractivity contribution < 1.29 is 13.2 Å². The molecule has 0 unspecified atom stereocenters. The predicted octanol–water partition coefficient (Wildman–Crippen LogP) is 3.39. The summed E-state index contributed by atoms with van der Waals surface area (Å²) in [7, 11) is 1.91. The van der Waals surface area contributed by atoms with Crippen molar-refractivity contribution >= 4 is 22.7 Å². The molecule has 0 atom stereocenters. The molecule has 0 fully saturated rings. The van der Waals surface area contributed by atoms with E-state index in [-0.39, 0.29) is 5.56 Å². The Morgan fingerprint density at radius 2 is 2.07 bits per heavy atom. The summed E-state index contributed by atoms with van der Waals surface area (Å²) < 4.78 is 38.1. The van der Waals surface area contributed by atoms with Crippen LogP contribution in [-0.4, -0.2) is 28.5 Å². The number of likely N-dealkylation sites (N-methyl/N-ethyl adjacent to an activating group) is 1. The van der Waals surface area contributed by atoms with Crippen molar-refractivity contribution in [2.45, 2.75) is 12.6 Å². The molecular weight excluding hydrogens is 357 g/mol. The van der Waals surface area contributed by atoms with Crippen LogP contribution in [0.4, 0.5) is 18.9 Å². The smallest absolute Gasteiger partial charge is 0.369 e. The third kappa shape index (κ3) is 3.07. The summed E-state index contributed by atoms with van der Waals surface area (Å²) >= 11 is 0. The number of aromatic nitrogens is 3. The molecule has 2 aromatic heterocycles. The van der Waals surface area contributed by atoms with Gasteiger partial charge in [-0.1, -0.05) is 18.2 Å². The zero-order valence-corrected chi connectivity index (χ0v) is 14.3. The molecule has 0 radical (unpaired) electrons. The molecule has 27 heavy (non-hydrogen) atoms. The second-order valence-electron chi connectivity index (χ2n) is 6.43. The summed E-state index contributed by atoms with van der Waals surface area (Å²) in [5, 5.41) is 0.452. The molecule has 1 N–H and O–H groups in total. The second-order valence-corrected chi connectivity index (χ2v) is 6.43. The summed E-state index contributed by atoms with van der Waals surface area (Å²) in [6.07, 6.45) is 2.45. The first-order chi connectivity index (χ1) is 12.8. The highest BCUT2D eigenvalue weighted by atomic mass is 19.4. The van der Waals surface area contributed by atoms with Crippen LogP contribution in [0.2, 0.25) is 0 Å². The minimum absolute atomic E-state index is 0.252. The topological polar surface area (TPSA) is 61.9 Å². The van der Waals surface area contributed by atoms with Crippen LogP contribution in [0.25, 0.3) is 17.0 Å². The summed E-state index contributed by atoms with van der Waals surface area (Å²) in [6.45, 7) is 0.682. The fourth-order valence-electron chi connectivity index (χ4n) is 3.32. The number of alkyl halides is 3. The van der Waals surface area contributed by atoms with E-state index in [0.29, 0.717) is 29.4 Å². The van der Waals surface area contributed by atoms with Crippen molar-refractivity contribution in [3.8, 4) is 0 Å². The van der Waals surface area contributed by atoms with Crippen molar-refractivity contribution in [2.24, 2.45) is 0 Å². The van der Waals surface area contributed by atoms with Crippen LogP contribution in [0.1, 0.15) is 22.4 Å². The van der Waals surface area contributed by atoms with E-state index in [0.717, 1.165) is 22.9 Å². The lowest BCUT2D eigenvalue weighted by atomic mass is 9.94. The summed E-state index contributed by atoms with van der Waals surface area (Å²) in [5.41, 5.74) is 2.65. The third-order valence-electron chi connectivity index (χ3n) is 4.59. The Hall–Kier alpha value is -3.16. The summed E-state index contributed by atoms with van der Waals surface area (Å²) in [4.78, 5) is 24.7. The van der Waals surface area contributed by atoms with Gasteiger partial charge in [-0.15, -0.1) is 0 Å². The van der Waals surface area contributed by atoms with Gasteiger partial charge in [0.15, 0.2) is 0 Å². The fourth-order valence-corrected chi connectivity index (χ4v) is 3.32. The van der Waals surface area contributed by atoms with Crippen LogP contribution in [0.5, 0.6) is 0 Å². The van der Waals surface area contributed by atoms with Gasteiger partial charge in [-0.3, -0.25) is 9.78 Å². The molecule has 0 saturated carbocycles. The van der Waals surface area contributed by atoms with E-state index in [1.165, 1.54) is 18.6 Å². The van der Waals surface area contributed by atoms with E-state index in [1.807, 2.05) is 24.1 Å². The molecule has 0 saturated heterocycles. The van der Waals surface area contributed by atoms with Crippen LogP contribution in [0.3, 0.4) is 0 Å². The van der Waals surface area contributed by atoms with Gasteiger partial charge in [-0.05, 0) is 29.7 Å². The number of pyridine rings is 1. The fraction of sp³-hybridized carbons (Fsp3) is 0.211. The zero-order valence-electron chi connectivity index (χ0n) is 14.3. The Morgan fingerprint density at radius 3 is 2.78 bits per heavy atom. The Balaban J connectivity index is 1.84. The van der Waals surface area contributed by atoms with Crippen molar-refractivity contribution in [1.82, 2.24) is 15.0 Å². The van der Waals surface area contributed by atoms with E-state index in [9.17, 15) is 18.0 Å². The molecule has 0 amide bonds. The van der Waals surface area contributed by atoms with Crippen LogP contribution < -0.4 is 10.5 Å². The van der Waals surface area contributed by atoms with Gasteiger partial charge in [0, 0.05) is 25.4 Å². The molecule has 0 spiro atoms. The third-order valence-corrected chi connectivity index (χ3v) is 4.59. The molecule has 3 heterocycles. The number of hydrogen-bond acceptors (Lipinski definition) is 4. The molecule has 1 aliphatic heterocycles. The van der Waals surface area contributed by atoms with Gasteiger partial charge in [0.2, 0.25) is 0 Å². The monoisotopic (exact) mass is 372 g/mol. The molecule has 1 aromatic carbocycles. The lowest BCUT2D eigenvalue weighted by molar-refractivity contribution is -0.141. The van der Waals surface area contributed by atoms with Crippen molar-refractivity contribution in [3.63, 3.8) is 0 Å². The SMILES string of the molecule is CN1CC=Cc2c(Cc3ccc(C(F)(F)F)nc3)cc3c(=O)[nH]cnc3c21. The molecule has 0 aliphatic carbocycles. The second kappa shape index (κ2) is 6.22. The minimum Gasteiger partial charge on any atom is -0.369 e. The Bertz CT molecular complexity index is 1100. The average molecular weight is 372 g/mol. The maximum atomic E-state index is 12.7. The molecule has 4 rings (SSSR count). The number of halogens is 3. The first-order valence-electron chi connectivity index (χ1n) is 8.27. The summed E-state index contributed by atoms with van der Waals surface area (Å²) in [6, 6.07) is 4.14. The number of aromatic amines is 1. The van der Waals surface area contributed by atoms with Crippen LogP contribution >= 0.6 is 0 Å². The van der Waals surface area contributed by atoms with E-state index in [1.54, 1.807) is 6.07 Å². The first kappa shape index (κ1) is 17.3. The van der Waals surface area contributed by atoms with E-state index < -0.39 is 11.9 Å². The van der Waals surface area contributed by atoms with Gasteiger partial charge in [-0.25, -0.2) is 4.98 Å². The van der Waals surface area contributed by atoms with Gasteiger partial charge >= 0.3 is 6.18 Å². The number of rotatable bonds is 2. The largest absolute Gasteiger partial charge is 0.433 e. The average Bonchev–Trinajstić information content (AvgIpc) is 2.62. The number of H-pyrrole nitrogens is 1. The van der Waals surface area contributed by atoms with Crippen LogP contribution in [-0.2, 0) is 12.6 Å². The molecule has 3 aromatic rings. The standard InChI is InChI=1S/C19H15F3N4O/c1-26-6-2-3-13-12(7-11-4-5-15(23-9-11)19(20,21)22)8-14-16(17(13)26)24-10-25-18(14)27/h2-5,8-10H,6-7H2,1H3,(H,24,25,27). The lowest BCUT2D eigenvalue weighted by Gasteiger charge is -2.26. The number of nitrogens with one attached hydrogen (secondary N) is 1. The Morgan fingerprint density at radius 1 is 1.26 bits per heavy atom. The van der Waals surface area contributed by atoms with Gasteiger partial charge in [-0.2, -0.15) is 13.2 Å². The van der Waals surface area contributed by atoms with Crippen LogP contribution in [0.15, 0.2) is 41.6 Å². The number of fused-ring (bicyclic) bond motifs is 3. The lowest BCUT2D eigenvalue weighted by Crippen LogP contribution is -2.23. The molecular formula is C19H15F3N4O. The Labute approximate surface area is 152 Å². The summed E-state index contributed by atoms with van der Waals surface area (Å²) in [5.74, 6) is 0. The van der Waals surface area contributed by atoms with Crippen LogP contribution in [0, 0.1) is 0 Å². The predicted molar refractivity (Wildman–Crippen MR) is 96.7 cm³/mol. The number of hydrogen-bond donors (Lipinski definition) is 1. The molecule has 8 heteroatoms. The highest BCUT2D eigenvalue weighted by Crippen LogP contribution is 2.35. The highest BCUT2D eigenvalue weighted by molar-refractivity contribution is 5.97. The zero-order chi connectivity index (χ0) is 19.2. The normalized spacial score (nSPS) is 13.9. The molecule has 138 valence electrons. The molecule has 0 bridgehead atoms. The van der Waals surface area contributed by atoms with Gasteiger partial charge in [0.1, 0.15) is 11.2 Å². The van der Waals surface area contributed by atoms with E-state index in [4.69, 9.17) is 0 Å². The van der Waals surface area contributed by atoms with Crippen molar-refractivity contribution in [3.05, 3.63) is 69.5 Å². The van der Waals surface area contributed by atoms with E-state index in [2.05, 4.69) is 15.0 Å².